The van der Waals surface area contributed by atoms with Crippen molar-refractivity contribution in [3.05, 3.63) is 35.9 Å². The number of rotatable bonds is 5. The van der Waals surface area contributed by atoms with E-state index in [0.29, 0.717) is 12.0 Å². The van der Waals surface area contributed by atoms with Crippen LogP contribution in [-0.4, -0.2) is 40.2 Å². The maximum absolute atomic E-state index is 10.2. The predicted octanol–water partition coefficient (Wildman–Crippen LogP) is 1.54. The lowest BCUT2D eigenvalue weighted by atomic mass is 10.2. The van der Waals surface area contributed by atoms with E-state index in [-0.39, 0.29) is 0 Å². The van der Waals surface area contributed by atoms with Gasteiger partial charge in [-0.25, -0.2) is 4.79 Å². The molecule has 1 unspecified atom stereocenters. The average Bonchev–Trinajstić information content (AvgIpc) is 2.37. The molecule has 0 saturated carbocycles. The van der Waals surface area contributed by atoms with Crippen molar-refractivity contribution in [1.29, 1.82) is 0 Å². The summed E-state index contributed by atoms with van der Waals surface area (Å²) in [5.41, 5.74) is 5.52. The third-order valence-corrected chi connectivity index (χ3v) is 2.61. The summed E-state index contributed by atoms with van der Waals surface area (Å²) in [5, 5.41) is 16.7. The Morgan fingerprint density at radius 3 is 2.17 bits per heavy atom. The fraction of sp³-hybridized carbons (Fsp3) is 0.333. The van der Waals surface area contributed by atoms with Gasteiger partial charge in [0, 0.05) is 0 Å². The van der Waals surface area contributed by atoms with Crippen LogP contribution in [0.5, 0.6) is 0 Å². The molecule has 0 aromatic heterocycles. The van der Waals surface area contributed by atoms with Crippen LogP contribution in [0, 0.1) is 0 Å². The highest BCUT2D eigenvalue weighted by Gasteiger charge is 2.08. The number of nitrogens with two attached hydrogens (primary N) is 1. The van der Waals surface area contributed by atoms with Crippen LogP contribution < -0.4 is 5.73 Å². The van der Waals surface area contributed by atoms with Gasteiger partial charge in [-0.15, -0.1) is 0 Å². The molecule has 100 valence electrons. The standard InChI is InChI=1S/C7H6O2.C5H11NO2S/c8-7(9)6-4-2-1-3-5-6;1-9-3-2-4(6)5(7)8/h1-5H,(H,8,9);4H,2-3,6H2,1H3,(H,7,8). The minimum Gasteiger partial charge on any atom is -0.480 e. The zero-order chi connectivity index (χ0) is 14.0. The van der Waals surface area contributed by atoms with Gasteiger partial charge in [0.2, 0.25) is 0 Å². The topological polar surface area (TPSA) is 101 Å². The van der Waals surface area contributed by atoms with Crippen LogP contribution in [0.2, 0.25) is 0 Å². The maximum atomic E-state index is 10.2. The maximum Gasteiger partial charge on any atom is 0.335 e. The molecule has 4 N–H and O–H groups in total. The summed E-state index contributed by atoms with van der Waals surface area (Å²) in [4.78, 5) is 20.3. The van der Waals surface area contributed by atoms with Crippen LogP contribution in [0.15, 0.2) is 30.3 Å². The van der Waals surface area contributed by atoms with Gasteiger partial charge in [0.1, 0.15) is 6.04 Å². The molecule has 1 aromatic carbocycles. The van der Waals surface area contributed by atoms with Crippen LogP contribution in [-0.2, 0) is 4.79 Å². The number of aromatic carboxylic acids is 1. The van der Waals surface area contributed by atoms with E-state index in [2.05, 4.69) is 0 Å². The first-order valence-corrected chi connectivity index (χ1v) is 6.64. The highest BCUT2D eigenvalue weighted by Crippen LogP contribution is 1.98. The van der Waals surface area contributed by atoms with Gasteiger partial charge in [-0.3, -0.25) is 4.79 Å². The van der Waals surface area contributed by atoms with E-state index in [1.165, 1.54) is 0 Å². The molecule has 0 aliphatic rings. The van der Waals surface area contributed by atoms with E-state index in [9.17, 15) is 9.59 Å². The second kappa shape index (κ2) is 9.49. The first-order chi connectivity index (χ1) is 8.49. The second-order valence-electron chi connectivity index (χ2n) is 3.40. The number of hydrogen-bond donors (Lipinski definition) is 3. The molecule has 0 heterocycles. The Morgan fingerprint density at radius 2 is 1.83 bits per heavy atom. The van der Waals surface area contributed by atoms with E-state index in [0.717, 1.165) is 5.75 Å². The Bertz CT molecular complexity index is 370. The van der Waals surface area contributed by atoms with Crippen LogP contribution >= 0.6 is 11.8 Å². The zero-order valence-corrected chi connectivity index (χ0v) is 10.9. The SMILES string of the molecule is CSCCC(N)C(=O)O.O=C(O)c1ccccc1. The molecule has 0 spiro atoms. The minimum absolute atomic E-state index is 0.331. The molecule has 0 fully saturated rings. The molecule has 1 rings (SSSR count). The zero-order valence-electron chi connectivity index (χ0n) is 10.1. The number of hydrogen-bond acceptors (Lipinski definition) is 4. The quantitative estimate of drug-likeness (QED) is 0.751. The molecule has 1 atom stereocenters. The molecule has 0 saturated heterocycles. The summed E-state index contributed by atoms with van der Waals surface area (Å²) in [6.07, 6.45) is 2.48. The molecule has 1 aromatic rings. The van der Waals surface area contributed by atoms with Gasteiger partial charge >= 0.3 is 11.9 Å². The Morgan fingerprint density at radius 1 is 1.28 bits per heavy atom. The number of benzene rings is 1. The van der Waals surface area contributed by atoms with E-state index in [1.807, 2.05) is 6.26 Å². The normalized spacial score (nSPS) is 11.0. The smallest absolute Gasteiger partial charge is 0.335 e. The minimum atomic E-state index is -0.913. The van der Waals surface area contributed by atoms with Crippen molar-refractivity contribution >= 4 is 23.7 Å². The highest BCUT2D eigenvalue weighted by atomic mass is 32.2. The van der Waals surface area contributed by atoms with E-state index in [1.54, 1.807) is 42.1 Å². The van der Waals surface area contributed by atoms with E-state index < -0.39 is 18.0 Å². The summed E-state index contributed by atoms with van der Waals surface area (Å²) in [7, 11) is 0. The van der Waals surface area contributed by atoms with Crippen LogP contribution in [0.25, 0.3) is 0 Å². The Kier molecular flexibility index (Phi) is 8.69. The average molecular weight is 271 g/mol. The van der Waals surface area contributed by atoms with E-state index in [4.69, 9.17) is 15.9 Å². The van der Waals surface area contributed by atoms with Crippen LogP contribution in [0.1, 0.15) is 16.8 Å². The van der Waals surface area contributed by atoms with Gasteiger partial charge < -0.3 is 15.9 Å². The molecule has 6 heteroatoms. The van der Waals surface area contributed by atoms with Gasteiger partial charge in [-0.05, 0) is 30.6 Å². The number of thioether (sulfide) groups is 1. The fourth-order valence-electron chi connectivity index (χ4n) is 0.949. The summed E-state index contributed by atoms with van der Waals surface area (Å²) in [5.74, 6) is -0.979. The lowest BCUT2D eigenvalue weighted by molar-refractivity contribution is -0.138. The Labute approximate surface area is 110 Å². The fourth-order valence-corrected chi connectivity index (χ4v) is 1.44. The second-order valence-corrected chi connectivity index (χ2v) is 4.38. The molecular formula is C12H17NO4S. The molecule has 0 aliphatic carbocycles. The Balaban J connectivity index is 0.000000321. The molecule has 0 bridgehead atoms. The first kappa shape index (κ1) is 16.5. The molecule has 18 heavy (non-hydrogen) atoms. The van der Waals surface area contributed by atoms with Crippen molar-refractivity contribution in [3.63, 3.8) is 0 Å². The van der Waals surface area contributed by atoms with Crippen molar-refractivity contribution in [1.82, 2.24) is 0 Å². The predicted molar refractivity (Wildman–Crippen MR) is 72.0 cm³/mol. The summed E-state index contributed by atoms with van der Waals surface area (Å²) in [6, 6.07) is 7.61. The van der Waals surface area contributed by atoms with Crippen molar-refractivity contribution in [2.24, 2.45) is 5.73 Å². The highest BCUT2D eigenvalue weighted by molar-refractivity contribution is 7.98. The van der Waals surface area contributed by atoms with Gasteiger partial charge in [-0.2, -0.15) is 11.8 Å². The monoisotopic (exact) mass is 271 g/mol. The first-order valence-electron chi connectivity index (χ1n) is 5.24. The van der Waals surface area contributed by atoms with Gasteiger partial charge in [-0.1, -0.05) is 18.2 Å². The third kappa shape index (κ3) is 7.70. The van der Waals surface area contributed by atoms with E-state index >= 15 is 0 Å². The van der Waals surface area contributed by atoms with Gasteiger partial charge in [0.05, 0.1) is 5.56 Å². The molecular weight excluding hydrogens is 254 g/mol. The van der Waals surface area contributed by atoms with Crippen molar-refractivity contribution in [2.75, 3.05) is 12.0 Å². The summed E-state index contributed by atoms with van der Waals surface area (Å²) in [6.45, 7) is 0. The lowest BCUT2D eigenvalue weighted by Gasteiger charge is -2.02. The summed E-state index contributed by atoms with van der Waals surface area (Å²) < 4.78 is 0. The van der Waals surface area contributed by atoms with Gasteiger partial charge in [0.15, 0.2) is 0 Å². The van der Waals surface area contributed by atoms with Crippen LogP contribution in [0.3, 0.4) is 0 Å². The van der Waals surface area contributed by atoms with Gasteiger partial charge in [0.25, 0.3) is 0 Å². The van der Waals surface area contributed by atoms with Crippen molar-refractivity contribution in [2.45, 2.75) is 12.5 Å². The van der Waals surface area contributed by atoms with Crippen molar-refractivity contribution < 1.29 is 19.8 Å². The van der Waals surface area contributed by atoms with Crippen LogP contribution in [0.4, 0.5) is 0 Å². The number of aliphatic carboxylic acids is 1. The Hall–Kier alpha value is -1.53. The number of carbonyl (C=O) groups is 2. The third-order valence-electron chi connectivity index (χ3n) is 1.97. The van der Waals surface area contributed by atoms with Crippen molar-refractivity contribution in [3.8, 4) is 0 Å². The largest absolute Gasteiger partial charge is 0.480 e. The molecule has 0 radical (unpaired) electrons. The summed E-state index contributed by atoms with van der Waals surface area (Å²) >= 11 is 1.60. The molecule has 5 nitrogen and oxygen atoms in total. The molecule has 0 amide bonds. The lowest BCUT2D eigenvalue weighted by Crippen LogP contribution is -2.30. The number of carboxylic acids is 2. The molecule has 0 aliphatic heterocycles. The number of carboxylic acid groups (broad SMARTS) is 2.